The second kappa shape index (κ2) is 5.05. The zero-order valence-corrected chi connectivity index (χ0v) is 9.55. The molecular formula is C12H14N2S. The highest BCUT2D eigenvalue weighted by molar-refractivity contribution is 7.09. The summed E-state index contributed by atoms with van der Waals surface area (Å²) in [4.78, 5) is 5.55. The highest BCUT2D eigenvalue weighted by atomic mass is 32.1. The summed E-state index contributed by atoms with van der Waals surface area (Å²) in [6.07, 6.45) is 1.86. The fourth-order valence-corrected chi connectivity index (χ4v) is 2.13. The smallest absolute Gasteiger partial charge is 0.0375 e. The maximum absolute atomic E-state index is 4.17. The lowest BCUT2D eigenvalue weighted by atomic mass is 10.2. The van der Waals surface area contributed by atoms with Crippen LogP contribution < -0.4 is 5.32 Å². The first-order chi connectivity index (χ1) is 7.34. The standard InChI is InChI=1S/C12H14N2S/c1-10-7-11(4-5-14-10)8-13-9-12-3-2-6-15-12/h2-7,13H,8-9H2,1H3. The number of thiophene rings is 1. The molecule has 0 atom stereocenters. The molecule has 78 valence electrons. The van der Waals surface area contributed by atoms with Crippen LogP contribution in [0.1, 0.15) is 16.1 Å². The molecule has 0 saturated heterocycles. The third-order valence-corrected chi connectivity index (χ3v) is 3.05. The minimum absolute atomic E-state index is 0.904. The van der Waals surface area contributed by atoms with Crippen LogP contribution in [-0.4, -0.2) is 4.98 Å². The fourth-order valence-electron chi connectivity index (χ4n) is 1.46. The second-order valence-electron chi connectivity index (χ2n) is 3.49. The Morgan fingerprint density at radius 1 is 1.33 bits per heavy atom. The first kappa shape index (κ1) is 10.3. The van der Waals surface area contributed by atoms with Crippen LogP contribution in [0.2, 0.25) is 0 Å². The fraction of sp³-hybridized carbons (Fsp3) is 0.250. The summed E-state index contributed by atoms with van der Waals surface area (Å²) in [5, 5.41) is 5.52. The van der Waals surface area contributed by atoms with Gasteiger partial charge in [-0.1, -0.05) is 6.07 Å². The average molecular weight is 218 g/mol. The van der Waals surface area contributed by atoms with Gasteiger partial charge in [0.1, 0.15) is 0 Å². The number of hydrogen-bond acceptors (Lipinski definition) is 3. The lowest BCUT2D eigenvalue weighted by Gasteiger charge is -2.03. The molecule has 0 aliphatic heterocycles. The Morgan fingerprint density at radius 2 is 2.27 bits per heavy atom. The van der Waals surface area contributed by atoms with Crippen molar-refractivity contribution in [3.05, 3.63) is 52.0 Å². The number of nitrogens with zero attached hydrogens (tertiary/aromatic N) is 1. The van der Waals surface area contributed by atoms with Crippen LogP contribution in [0.3, 0.4) is 0 Å². The van der Waals surface area contributed by atoms with Gasteiger partial charge in [0.15, 0.2) is 0 Å². The molecule has 0 bridgehead atoms. The van der Waals surface area contributed by atoms with E-state index in [1.54, 1.807) is 11.3 Å². The third kappa shape index (κ3) is 3.15. The molecule has 0 aromatic carbocycles. The molecule has 0 amide bonds. The van der Waals surface area contributed by atoms with Crippen molar-refractivity contribution in [1.82, 2.24) is 10.3 Å². The number of pyridine rings is 1. The molecule has 0 aliphatic carbocycles. The van der Waals surface area contributed by atoms with E-state index in [2.05, 4.69) is 39.9 Å². The topological polar surface area (TPSA) is 24.9 Å². The molecule has 2 aromatic heterocycles. The Kier molecular flexibility index (Phi) is 3.48. The van der Waals surface area contributed by atoms with E-state index in [9.17, 15) is 0 Å². The first-order valence-corrected chi connectivity index (χ1v) is 5.87. The molecule has 0 saturated carbocycles. The molecule has 15 heavy (non-hydrogen) atoms. The van der Waals surface area contributed by atoms with Gasteiger partial charge in [0, 0.05) is 29.9 Å². The molecule has 0 spiro atoms. The Hall–Kier alpha value is -1.19. The van der Waals surface area contributed by atoms with E-state index in [0.717, 1.165) is 18.8 Å². The molecule has 2 heterocycles. The maximum atomic E-state index is 4.17. The van der Waals surface area contributed by atoms with E-state index in [1.807, 2.05) is 13.1 Å². The largest absolute Gasteiger partial charge is 0.308 e. The maximum Gasteiger partial charge on any atom is 0.0375 e. The zero-order chi connectivity index (χ0) is 10.5. The number of aromatic nitrogens is 1. The Balaban J connectivity index is 1.83. The van der Waals surface area contributed by atoms with Crippen LogP contribution in [0.15, 0.2) is 35.8 Å². The predicted molar refractivity (Wildman–Crippen MR) is 63.8 cm³/mol. The summed E-state index contributed by atoms with van der Waals surface area (Å²) in [7, 11) is 0. The molecule has 0 aliphatic rings. The number of rotatable bonds is 4. The third-order valence-electron chi connectivity index (χ3n) is 2.17. The van der Waals surface area contributed by atoms with E-state index in [1.165, 1.54) is 10.4 Å². The lowest BCUT2D eigenvalue weighted by molar-refractivity contribution is 0.699. The van der Waals surface area contributed by atoms with Gasteiger partial charge in [-0.15, -0.1) is 11.3 Å². The zero-order valence-electron chi connectivity index (χ0n) is 8.73. The lowest BCUT2D eigenvalue weighted by Crippen LogP contribution is -2.11. The van der Waals surface area contributed by atoms with E-state index < -0.39 is 0 Å². The van der Waals surface area contributed by atoms with Crippen molar-refractivity contribution >= 4 is 11.3 Å². The van der Waals surface area contributed by atoms with Crippen LogP contribution in [0.25, 0.3) is 0 Å². The molecule has 0 unspecified atom stereocenters. The van der Waals surface area contributed by atoms with E-state index in [0.29, 0.717) is 0 Å². The van der Waals surface area contributed by atoms with Crippen LogP contribution in [0.5, 0.6) is 0 Å². The summed E-state index contributed by atoms with van der Waals surface area (Å²) in [6, 6.07) is 8.39. The molecule has 0 fully saturated rings. The SMILES string of the molecule is Cc1cc(CNCc2cccs2)ccn1. The minimum Gasteiger partial charge on any atom is -0.308 e. The number of hydrogen-bond donors (Lipinski definition) is 1. The highest BCUT2D eigenvalue weighted by Crippen LogP contribution is 2.08. The molecule has 2 rings (SSSR count). The minimum atomic E-state index is 0.904. The highest BCUT2D eigenvalue weighted by Gasteiger charge is 1.95. The van der Waals surface area contributed by atoms with Crippen molar-refractivity contribution in [2.24, 2.45) is 0 Å². The average Bonchev–Trinajstić information content (AvgIpc) is 2.71. The van der Waals surface area contributed by atoms with Gasteiger partial charge >= 0.3 is 0 Å². The molecule has 2 aromatic rings. The summed E-state index contributed by atoms with van der Waals surface area (Å²) in [5.74, 6) is 0. The van der Waals surface area contributed by atoms with E-state index in [-0.39, 0.29) is 0 Å². The van der Waals surface area contributed by atoms with E-state index >= 15 is 0 Å². The molecular weight excluding hydrogens is 204 g/mol. The summed E-state index contributed by atoms with van der Waals surface area (Å²) in [5.41, 5.74) is 2.37. The summed E-state index contributed by atoms with van der Waals surface area (Å²) >= 11 is 1.79. The molecule has 3 heteroatoms. The quantitative estimate of drug-likeness (QED) is 0.853. The first-order valence-electron chi connectivity index (χ1n) is 4.99. The Morgan fingerprint density at radius 3 is 3.00 bits per heavy atom. The van der Waals surface area contributed by atoms with Crippen molar-refractivity contribution < 1.29 is 0 Å². The van der Waals surface area contributed by atoms with Crippen LogP contribution >= 0.6 is 11.3 Å². The van der Waals surface area contributed by atoms with Gasteiger partial charge < -0.3 is 5.32 Å². The van der Waals surface area contributed by atoms with Crippen molar-refractivity contribution in [3.8, 4) is 0 Å². The summed E-state index contributed by atoms with van der Waals surface area (Å²) < 4.78 is 0. The normalized spacial score (nSPS) is 10.5. The van der Waals surface area contributed by atoms with Gasteiger partial charge in [-0.2, -0.15) is 0 Å². The molecule has 2 nitrogen and oxygen atoms in total. The van der Waals surface area contributed by atoms with Gasteiger partial charge in [0.2, 0.25) is 0 Å². The van der Waals surface area contributed by atoms with Crippen LogP contribution in [0.4, 0.5) is 0 Å². The second-order valence-corrected chi connectivity index (χ2v) is 4.52. The van der Waals surface area contributed by atoms with Crippen LogP contribution in [-0.2, 0) is 13.1 Å². The van der Waals surface area contributed by atoms with Crippen molar-refractivity contribution in [2.45, 2.75) is 20.0 Å². The number of aryl methyl sites for hydroxylation is 1. The van der Waals surface area contributed by atoms with E-state index in [4.69, 9.17) is 0 Å². The molecule has 0 radical (unpaired) electrons. The van der Waals surface area contributed by atoms with Crippen molar-refractivity contribution in [3.63, 3.8) is 0 Å². The molecule has 1 N–H and O–H groups in total. The number of nitrogens with one attached hydrogen (secondary N) is 1. The summed E-state index contributed by atoms with van der Waals surface area (Å²) in [6.45, 7) is 3.86. The van der Waals surface area contributed by atoms with Gasteiger partial charge in [0.05, 0.1) is 0 Å². The van der Waals surface area contributed by atoms with Gasteiger partial charge in [-0.25, -0.2) is 0 Å². The van der Waals surface area contributed by atoms with Crippen LogP contribution in [0, 0.1) is 6.92 Å². The van der Waals surface area contributed by atoms with Crippen molar-refractivity contribution in [1.29, 1.82) is 0 Å². The Bertz CT molecular complexity index is 409. The van der Waals surface area contributed by atoms with Crippen molar-refractivity contribution in [2.75, 3.05) is 0 Å². The monoisotopic (exact) mass is 218 g/mol. The van der Waals surface area contributed by atoms with Gasteiger partial charge in [-0.05, 0) is 36.1 Å². The van der Waals surface area contributed by atoms with Gasteiger partial charge in [-0.3, -0.25) is 4.98 Å². The Labute approximate surface area is 94.0 Å². The van der Waals surface area contributed by atoms with Gasteiger partial charge in [0.25, 0.3) is 0 Å². The predicted octanol–water partition coefficient (Wildman–Crippen LogP) is 2.74.